The van der Waals surface area contributed by atoms with Crippen molar-refractivity contribution in [3.8, 4) is 22.6 Å². The van der Waals surface area contributed by atoms with Crippen molar-refractivity contribution in [2.75, 3.05) is 13.7 Å². The van der Waals surface area contributed by atoms with Crippen LogP contribution >= 0.6 is 0 Å². The first-order valence-corrected chi connectivity index (χ1v) is 7.77. The fourth-order valence-electron chi connectivity index (χ4n) is 2.03. The molecule has 0 saturated carbocycles. The van der Waals surface area contributed by atoms with Crippen LogP contribution in [0.5, 0.6) is 11.5 Å². The van der Waals surface area contributed by atoms with Gasteiger partial charge in [-0.15, -0.1) is 0 Å². The number of benzene rings is 2. The van der Waals surface area contributed by atoms with E-state index in [0.29, 0.717) is 11.3 Å². The third kappa shape index (κ3) is 5.49. The summed E-state index contributed by atoms with van der Waals surface area (Å²) in [4.78, 5) is 23.0. The van der Waals surface area contributed by atoms with Gasteiger partial charge in [0.25, 0.3) is 0 Å². The Kier molecular flexibility index (Phi) is 6.34. The Morgan fingerprint density at radius 2 is 1.44 bits per heavy atom. The molecule has 5 heteroatoms. The van der Waals surface area contributed by atoms with Crippen molar-refractivity contribution in [2.45, 2.75) is 13.3 Å². The van der Waals surface area contributed by atoms with Crippen LogP contribution in [0.2, 0.25) is 0 Å². The van der Waals surface area contributed by atoms with Crippen molar-refractivity contribution in [3.05, 3.63) is 60.7 Å². The van der Waals surface area contributed by atoms with E-state index in [4.69, 9.17) is 14.2 Å². The molecule has 0 atom stereocenters. The van der Waals surface area contributed by atoms with E-state index >= 15 is 0 Å². The van der Waals surface area contributed by atoms with Crippen LogP contribution in [-0.2, 0) is 14.3 Å². The Labute approximate surface area is 146 Å². The van der Waals surface area contributed by atoms with E-state index in [2.05, 4.69) is 6.58 Å². The first-order valence-electron chi connectivity index (χ1n) is 7.77. The van der Waals surface area contributed by atoms with Crippen molar-refractivity contribution >= 4 is 11.9 Å². The SMILES string of the molecule is C=C(C)C(=O)OCCC(=O)Oc1ccc(-c2ccc(OC)cc2)cc1. The van der Waals surface area contributed by atoms with E-state index in [-0.39, 0.29) is 13.0 Å². The Morgan fingerprint density at radius 1 is 0.920 bits per heavy atom. The van der Waals surface area contributed by atoms with Crippen LogP contribution in [0.4, 0.5) is 0 Å². The highest BCUT2D eigenvalue weighted by atomic mass is 16.5. The van der Waals surface area contributed by atoms with Gasteiger partial charge in [-0.2, -0.15) is 0 Å². The van der Waals surface area contributed by atoms with Crippen LogP contribution < -0.4 is 9.47 Å². The van der Waals surface area contributed by atoms with Gasteiger partial charge in [-0.1, -0.05) is 30.8 Å². The minimum Gasteiger partial charge on any atom is -0.497 e. The van der Waals surface area contributed by atoms with Crippen LogP contribution in [0.3, 0.4) is 0 Å². The van der Waals surface area contributed by atoms with E-state index in [0.717, 1.165) is 16.9 Å². The van der Waals surface area contributed by atoms with Crippen molar-refractivity contribution in [1.29, 1.82) is 0 Å². The summed E-state index contributed by atoms with van der Waals surface area (Å²) in [5.41, 5.74) is 2.32. The number of esters is 2. The third-order valence-corrected chi connectivity index (χ3v) is 3.40. The molecule has 0 saturated heterocycles. The molecule has 0 N–H and O–H groups in total. The molecule has 2 rings (SSSR count). The molecule has 25 heavy (non-hydrogen) atoms. The minimum atomic E-state index is -0.517. The standard InChI is InChI=1S/C20H20O5/c1-14(2)20(22)24-13-12-19(21)25-18-10-6-16(7-11-18)15-4-8-17(23-3)9-5-15/h4-11H,1,12-13H2,2-3H3. The zero-order valence-corrected chi connectivity index (χ0v) is 14.3. The highest BCUT2D eigenvalue weighted by molar-refractivity contribution is 5.87. The molecule has 0 aliphatic carbocycles. The summed E-state index contributed by atoms with van der Waals surface area (Å²) < 4.78 is 15.2. The van der Waals surface area contributed by atoms with Crippen molar-refractivity contribution in [1.82, 2.24) is 0 Å². The monoisotopic (exact) mass is 340 g/mol. The maximum atomic E-state index is 11.7. The molecule has 0 heterocycles. The predicted octanol–water partition coefficient (Wildman–Crippen LogP) is 3.78. The van der Waals surface area contributed by atoms with Crippen LogP contribution in [0, 0.1) is 0 Å². The fourth-order valence-corrected chi connectivity index (χ4v) is 2.03. The van der Waals surface area contributed by atoms with Gasteiger partial charge in [0, 0.05) is 5.57 Å². The van der Waals surface area contributed by atoms with E-state index < -0.39 is 11.9 Å². The lowest BCUT2D eigenvalue weighted by atomic mass is 10.1. The maximum Gasteiger partial charge on any atom is 0.333 e. The van der Waals surface area contributed by atoms with Crippen LogP contribution in [0.15, 0.2) is 60.7 Å². The van der Waals surface area contributed by atoms with E-state index in [1.807, 2.05) is 36.4 Å². The van der Waals surface area contributed by atoms with E-state index in [1.165, 1.54) is 0 Å². The molecule has 0 fully saturated rings. The largest absolute Gasteiger partial charge is 0.497 e. The molecule has 2 aromatic carbocycles. The topological polar surface area (TPSA) is 61.8 Å². The third-order valence-electron chi connectivity index (χ3n) is 3.40. The summed E-state index contributed by atoms with van der Waals surface area (Å²) in [6, 6.07) is 14.8. The highest BCUT2D eigenvalue weighted by Gasteiger charge is 2.08. The predicted molar refractivity (Wildman–Crippen MR) is 94.5 cm³/mol. The van der Waals surface area contributed by atoms with Gasteiger partial charge in [-0.3, -0.25) is 4.79 Å². The van der Waals surface area contributed by atoms with Gasteiger partial charge in [-0.05, 0) is 42.3 Å². The Bertz CT molecular complexity index is 745. The average Bonchev–Trinajstić information content (AvgIpc) is 2.62. The molecule has 0 aliphatic rings. The van der Waals surface area contributed by atoms with Crippen molar-refractivity contribution in [2.24, 2.45) is 0 Å². The normalized spacial score (nSPS) is 10.0. The number of hydrogen-bond donors (Lipinski definition) is 0. The zero-order valence-electron chi connectivity index (χ0n) is 14.3. The highest BCUT2D eigenvalue weighted by Crippen LogP contribution is 2.24. The van der Waals surface area contributed by atoms with Crippen LogP contribution in [-0.4, -0.2) is 25.7 Å². The molecular weight excluding hydrogens is 320 g/mol. The molecule has 5 nitrogen and oxygen atoms in total. The summed E-state index contributed by atoms with van der Waals surface area (Å²) in [7, 11) is 1.62. The fraction of sp³-hybridized carbons (Fsp3) is 0.200. The molecule has 0 amide bonds. The van der Waals surface area contributed by atoms with Gasteiger partial charge in [0.05, 0.1) is 13.5 Å². The number of rotatable bonds is 7. The molecule has 0 aromatic heterocycles. The quantitative estimate of drug-likeness (QED) is 0.436. The second-order valence-corrected chi connectivity index (χ2v) is 5.39. The smallest absolute Gasteiger partial charge is 0.333 e. The maximum absolute atomic E-state index is 11.7. The molecule has 2 aromatic rings. The van der Waals surface area contributed by atoms with Gasteiger partial charge >= 0.3 is 11.9 Å². The second kappa shape index (κ2) is 8.68. The summed E-state index contributed by atoms with van der Waals surface area (Å²) >= 11 is 0. The number of hydrogen-bond acceptors (Lipinski definition) is 5. The van der Waals surface area contributed by atoms with Crippen LogP contribution in [0.1, 0.15) is 13.3 Å². The summed E-state index contributed by atoms with van der Waals surface area (Å²) in [6.07, 6.45) is -0.0146. The molecular formula is C20H20O5. The van der Waals surface area contributed by atoms with Gasteiger partial charge in [0.1, 0.15) is 18.1 Å². The second-order valence-electron chi connectivity index (χ2n) is 5.39. The van der Waals surface area contributed by atoms with Gasteiger partial charge in [-0.25, -0.2) is 4.79 Å². The Hall–Kier alpha value is -3.08. The Balaban J connectivity index is 1.88. The summed E-state index contributed by atoms with van der Waals surface area (Å²) in [6.45, 7) is 4.98. The number of carbonyl (C=O) groups is 2. The average molecular weight is 340 g/mol. The van der Waals surface area contributed by atoms with Crippen molar-refractivity contribution < 1.29 is 23.8 Å². The van der Waals surface area contributed by atoms with Crippen molar-refractivity contribution in [3.63, 3.8) is 0 Å². The molecule has 0 aliphatic heterocycles. The lowest BCUT2D eigenvalue weighted by Crippen LogP contribution is -2.14. The summed E-state index contributed by atoms with van der Waals surface area (Å²) in [5.74, 6) is 0.249. The molecule has 0 bridgehead atoms. The summed E-state index contributed by atoms with van der Waals surface area (Å²) in [5, 5.41) is 0. The molecule has 0 spiro atoms. The zero-order chi connectivity index (χ0) is 18.2. The van der Waals surface area contributed by atoms with E-state index in [9.17, 15) is 9.59 Å². The number of methoxy groups -OCH3 is 1. The minimum absolute atomic E-state index is 0.0146. The Morgan fingerprint density at radius 3 is 1.92 bits per heavy atom. The lowest BCUT2D eigenvalue weighted by Gasteiger charge is -2.07. The number of carbonyl (C=O) groups excluding carboxylic acids is 2. The van der Waals surface area contributed by atoms with Gasteiger partial charge in [0.15, 0.2) is 0 Å². The van der Waals surface area contributed by atoms with Gasteiger partial charge in [0.2, 0.25) is 0 Å². The molecule has 0 radical (unpaired) electrons. The first kappa shape index (κ1) is 18.3. The molecule has 0 unspecified atom stereocenters. The lowest BCUT2D eigenvalue weighted by molar-refractivity contribution is -0.142. The van der Waals surface area contributed by atoms with Gasteiger partial charge < -0.3 is 14.2 Å². The molecule has 130 valence electrons. The first-order chi connectivity index (χ1) is 12.0. The van der Waals surface area contributed by atoms with Crippen LogP contribution in [0.25, 0.3) is 11.1 Å². The number of ether oxygens (including phenoxy) is 3. The van der Waals surface area contributed by atoms with E-state index in [1.54, 1.807) is 26.2 Å².